The standard InChI is InChI=1S/C17H21F3N4O/c1-10-6-13(11(2)21-10)15(25)9-24-5-3-4-12(8-24)14-7-16(23-22-14)17(18,19)20/h6-7,12,21H,3-5,8-9H2,1-2H3,(H,22,23). The molecule has 1 aliphatic rings. The Morgan fingerprint density at radius 2 is 2.12 bits per heavy atom. The summed E-state index contributed by atoms with van der Waals surface area (Å²) < 4.78 is 38.1. The predicted octanol–water partition coefficient (Wildman–Crippen LogP) is 3.44. The van der Waals surface area contributed by atoms with Crippen molar-refractivity contribution in [2.24, 2.45) is 0 Å². The first-order valence-electron chi connectivity index (χ1n) is 8.28. The van der Waals surface area contributed by atoms with Crippen molar-refractivity contribution in [1.29, 1.82) is 0 Å². The number of aromatic nitrogens is 3. The quantitative estimate of drug-likeness (QED) is 0.827. The van der Waals surface area contributed by atoms with Crippen LogP contribution in [-0.2, 0) is 6.18 Å². The summed E-state index contributed by atoms with van der Waals surface area (Å²) in [6.45, 7) is 5.35. The van der Waals surface area contributed by atoms with Gasteiger partial charge in [-0.2, -0.15) is 18.3 Å². The molecule has 2 aromatic heterocycles. The molecule has 1 aliphatic heterocycles. The van der Waals surface area contributed by atoms with Gasteiger partial charge in [-0.3, -0.25) is 14.8 Å². The monoisotopic (exact) mass is 354 g/mol. The number of Topliss-reactive ketones (excluding diaryl/α,β-unsaturated/α-hetero) is 1. The second kappa shape index (κ2) is 6.67. The number of carbonyl (C=O) groups excluding carboxylic acids is 1. The number of hydrogen-bond donors (Lipinski definition) is 2. The summed E-state index contributed by atoms with van der Waals surface area (Å²) in [6.07, 6.45) is -2.82. The molecule has 1 fully saturated rings. The minimum atomic E-state index is -4.44. The Hall–Kier alpha value is -2.09. The molecule has 0 radical (unpaired) electrons. The minimum absolute atomic E-state index is 0.0306. The third-order valence-electron chi connectivity index (χ3n) is 4.65. The van der Waals surface area contributed by atoms with E-state index in [1.54, 1.807) is 0 Å². The van der Waals surface area contributed by atoms with Gasteiger partial charge in [-0.1, -0.05) is 0 Å². The molecule has 0 amide bonds. The number of halogens is 3. The lowest BCUT2D eigenvalue weighted by Crippen LogP contribution is -2.38. The topological polar surface area (TPSA) is 64.8 Å². The van der Waals surface area contributed by atoms with Crippen LogP contribution in [0.4, 0.5) is 13.2 Å². The van der Waals surface area contributed by atoms with Crippen LogP contribution >= 0.6 is 0 Å². The maximum atomic E-state index is 12.7. The molecule has 8 heteroatoms. The summed E-state index contributed by atoms with van der Waals surface area (Å²) in [7, 11) is 0. The number of piperidine rings is 1. The number of H-pyrrole nitrogens is 2. The van der Waals surface area contributed by atoms with E-state index in [4.69, 9.17) is 0 Å². The molecule has 1 atom stereocenters. The smallest absolute Gasteiger partial charge is 0.362 e. The molecule has 3 heterocycles. The van der Waals surface area contributed by atoms with Gasteiger partial charge in [0.25, 0.3) is 0 Å². The highest BCUT2D eigenvalue weighted by Crippen LogP contribution is 2.32. The fourth-order valence-corrected chi connectivity index (χ4v) is 3.45. The van der Waals surface area contributed by atoms with Crippen molar-refractivity contribution >= 4 is 5.78 Å². The highest BCUT2D eigenvalue weighted by molar-refractivity contribution is 5.98. The van der Waals surface area contributed by atoms with Crippen LogP contribution in [0.3, 0.4) is 0 Å². The zero-order valence-electron chi connectivity index (χ0n) is 14.2. The summed E-state index contributed by atoms with van der Waals surface area (Å²) in [5.74, 6) is -0.0395. The number of nitrogens with zero attached hydrogens (tertiary/aromatic N) is 2. The number of hydrogen-bond acceptors (Lipinski definition) is 3. The summed E-state index contributed by atoms with van der Waals surface area (Å²) in [5.41, 5.74) is 2.06. The third kappa shape index (κ3) is 3.95. The van der Waals surface area contributed by atoms with Crippen molar-refractivity contribution in [2.75, 3.05) is 19.6 Å². The van der Waals surface area contributed by atoms with Gasteiger partial charge in [-0.05, 0) is 45.4 Å². The lowest BCUT2D eigenvalue weighted by Gasteiger charge is -2.31. The summed E-state index contributed by atoms with van der Waals surface area (Å²) >= 11 is 0. The van der Waals surface area contributed by atoms with Crippen molar-refractivity contribution in [1.82, 2.24) is 20.1 Å². The van der Waals surface area contributed by atoms with Gasteiger partial charge in [0.2, 0.25) is 0 Å². The van der Waals surface area contributed by atoms with Gasteiger partial charge in [-0.25, -0.2) is 0 Å². The Morgan fingerprint density at radius 1 is 1.36 bits per heavy atom. The fraction of sp³-hybridized carbons (Fsp3) is 0.529. The number of carbonyl (C=O) groups is 1. The molecule has 5 nitrogen and oxygen atoms in total. The van der Waals surface area contributed by atoms with E-state index < -0.39 is 11.9 Å². The number of aryl methyl sites for hydroxylation is 2. The number of rotatable bonds is 4. The molecule has 1 saturated heterocycles. The van der Waals surface area contributed by atoms with Crippen LogP contribution in [0, 0.1) is 13.8 Å². The highest BCUT2D eigenvalue weighted by Gasteiger charge is 2.35. The van der Waals surface area contributed by atoms with Crippen LogP contribution in [0.15, 0.2) is 12.1 Å². The van der Waals surface area contributed by atoms with E-state index in [2.05, 4.69) is 15.2 Å². The van der Waals surface area contributed by atoms with E-state index in [1.807, 2.05) is 24.8 Å². The lowest BCUT2D eigenvalue weighted by atomic mass is 9.94. The molecule has 2 aromatic rings. The van der Waals surface area contributed by atoms with Gasteiger partial charge in [0.15, 0.2) is 11.5 Å². The van der Waals surface area contributed by atoms with Gasteiger partial charge in [0.05, 0.1) is 6.54 Å². The zero-order chi connectivity index (χ0) is 18.2. The maximum Gasteiger partial charge on any atom is 0.435 e. The summed E-state index contributed by atoms with van der Waals surface area (Å²) in [6, 6.07) is 2.92. The van der Waals surface area contributed by atoms with Crippen molar-refractivity contribution in [3.8, 4) is 0 Å². The number of aromatic amines is 2. The second-order valence-electron chi connectivity index (χ2n) is 6.69. The first kappa shape index (κ1) is 17.7. The Bertz CT molecular complexity index is 762. The SMILES string of the molecule is Cc1cc(C(=O)CN2CCCC(c3cc(C(F)(F)F)n[nH]3)C2)c(C)[nH]1. The van der Waals surface area contributed by atoms with Crippen molar-refractivity contribution < 1.29 is 18.0 Å². The van der Waals surface area contributed by atoms with Crippen LogP contribution in [0.1, 0.15) is 51.9 Å². The number of alkyl halides is 3. The Kier molecular flexibility index (Phi) is 4.73. The minimum Gasteiger partial charge on any atom is -0.362 e. The normalized spacial score (nSPS) is 19.3. The number of nitrogens with one attached hydrogen (secondary N) is 2. The average Bonchev–Trinajstić information content (AvgIpc) is 3.14. The predicted molar refractivity (Wildman–Crippen MR) is 86.6 cm³/mol. The molecule has 25 heavy (non-hydrogen) atoms. The molecule has 0 aliphatic carbocycles. The van der Waals surface area contributed by atoms with E-state index in [9.17, 15) is 18.0 Å². The van der Waals surface area contributed by atoms with Crippen molar-refractivity contribution in [3.63, 3.8) is 0 Å². The van der Waals surface area contributed by atoms with Crippen LogP contribution in [0.25, 0.3) is 0 Å². The summed E-state index contributed by atoms with van der Waals surface area (Å²) in [4.78, 5) is 17.6. The van der Waals surface area contributed by atoms with Crippen molar-refractivity contribution in [3.05, 3.63) is 40.5 Å². The first-order chi connectivity index (χ1) is 11.7. The molecular formula is C17H21F3N4O. The van der Waals surface area contributed by atoms with Crippen LogP contribution in [0.2, 0.25) is 0 Å². The molecule has 0 spiro atoms. The van der Waals surface area contributed by atoms with E-state index in [-0.39, 0.29) is 18.2 Å². The second-order valence-corrected chi connectivity index (χ2v) is 6.69. The van der Waals surface area contributed by atoms with Crippen LogP contribution in [-0.4, -0.2) is 45.5 Å². The Labute approximate surface area is 143 Å². The molecule has 2 N–H and O–H groups in total. The average molecular weight is 354 g/mol. The molecule has 0 bridgehead atoms. The van der Waals surface area contributed by atoms with Crippen LogP contribution < -0.4 is 0 Å². The summed E-state index contributed by atoms with van der Waals surface area (Å²) in [5, 5.41) is 5.88. The third-order valence-corrected chi connectivity index (χ3v) is 4.65. The molecule has 136 valence electrons. The van der Waals surface area contributed by atoms with Gasteiger partial charge in [0.1, 0.15) is 0 Å². The molecule has 0 saturated carbocycles. The highest BCUT2D eigenvalue weighted by atomic mass is 19.4. The molecule has 1 unspecified atom stereocenters. The van der Waals surface area contributed by atoms with Crippen molar-refractivity contribution in [2.45, 2.75) is 38.8 Å². The fourth-order valence-electron chi connectivity index (χ4n) is 3.45. The molecule has 3 rings (SSSR count). The maximum absolute atomic E-state index is 12.7. The molecular weight excluding hydrogens is 333 g/mol. The number of likely N-dealkylation sites (tertiary alicyclic amines) is 1. The van der Waals surface area contributed by atoms with E-state index in [1.165, 1.54) is 0 Å². The van der Waals surface area contributed by atoms with Gasteiger partial charge in [-0.15, -0.1) is 0 Å². The van der Waals surface area contributed by atoms with Gasteiger partial charge < -0.3 is 4.98 Å². The Morgan fingerprint density at radius 3 is 2.72 bits per heavy atom. The van der Waals surface area contributed by atoms with E-state index in [0.717, 1.165) is 36.8 Å². The first-order valence-corrected chi connectivity index (χ1v) is 8.28. The largest absolute Gasteiger partial charge is 0.435 e. The van der Waals surface area contributed by atoms with E-state index in [0.29, 0.717) is 17.8 Å². The zero-order valence-corrected chi connectivity index (χ0v) is 14.2. The number of ketones is 1. The van der Waals surface area contributed by atoms with Gasteiger partial charge >= 0.3 is 6.18 Å². The van der Waals surface area contributed by atoms with Gasteiger partial charge in [0, 0.05) is 35.1 Å². The van der Waals surface area contributed by atoms with E-state index >= 15 is 0 Å². The van der Waals surface area contributed by atoms with Crippen LogP contribution in [0.5, 0.6) is 0 Å². The lowest BCUT2D eigenvalue weighted by molar-refractivity contribution is -0.141. The Balaban J connectivity index is 1.66. The molecule has 0 aromatic carbocycles.